The highest BCUT2D eigenvalue weighted by Crippen LogP contribution is 2.40. The topological polar surface area (TPSA) is 40.5 Å². The van der Waals surface area contributed by atoms with Gasteiger partial charge in [0, 0.05) is 12.6 Å². The van der Waals surface area contributed by atoms with E-state index >= 15 is 0 Å². The summed E-state index contributed by atoms with van der Waals surface area (Å²) in [6.07, 6.45) is 5.74. The molecule has 1 aromatic carbocycles. The molecule has 3 atom stereocenters. The van der Waals surface area contributed by atoms with Gasteiger partial charge >= 0.3 is 5.97 Å². The monoisotopic (exact) mass is 259 g/mol. The highest BCUT2D eigenvalue weighted by atomic mass is 16.4. The summed E-state index contributed by atoms with van der Waals surface area (Å²) in [7, 11) is 0. The lowest BCUT2D eigenvalue weighted by atomic mass is 9.84. The smallest absolute Gasteiger partial charge is 0.320 e. The molecule has 1 N–H and O–H groups in total. The predicted molar refractivity (Wildman–Crippen MR) is 73.8 cm³/mol. The lowest BCUT2D eigenvalue weighted by Crippen LogP contribution is -2.41. The van der Waals surface area contributed by atoms with Crippen molar-refractivity contribution in [2.24, 2.45) is 5.92 Å². The first-order valence-corrected chi connectivity index (χ1v) is 7.28. The van der Waals surface area contributed by atoms with Crippen molar-refractivity contribution in [3.63, 3.8) is 0 Å². The number of aliphatic carboxylic acids is 1. The number of likely N-dealkylation sites (tertiary alicyclic amines) is 1. The van der Waals surface area contributed by atoms with Crippen LogP contribution in [0.4, 0.5) is 0 Å². The van der Waals surface area contributed by atoms with E-state index in [0.29, 0.717) is 12.0 Å². The summed E-state index contributed by atoms with van der Waals surface area (Å²) in [6.45, 7) is 0.777. The lowest BCUT2D eigenvalue weighted by Gasteiger charge is -2.33. The van der Waals surface area contributed by atoms with Crippen molar-refractivity contribution in [1.82, 2.24) is 4.90 Å². The van der Waals surface area contributed by atoms with E-state index in [9.17, 15) is 9.90 Å². The molecule has 0 aromatic heterocycles. The zero-order chi connectivity index (χ0) is 13.2. The molecule has 102 valence electrons. The molecule has 1 aliphatic heterocycles. The minimum absolute atomic E-state index is 0.284. The predicted octanol–water partition coefficient (Wildman–Crippen LogP) is 2.90. The number of rotatable bonds is 3. The van der Waals surface area contributed by atoms with Gasteiger partial charge in [-0.05, 0) is 30.7 Å². The molecule has 3 heteroatoms. The normalized spacial score (nSPS) is 31.1. The Morgan fingerprint density at radius 1 is 1.21 bits per heavy atom. The fourth-order valence-electron chi connectivity index (χ4n) is 3.82. The number of hydrogen-bond acceptors (Lipinski definition) is 2. The van der Waals surface area contributed by atoms with E-state index in [1.807, 2.05) is 18.2 Å². The van der Waals surface area contributed by atoms with Crippen LogP contribution in [0.2, 0.25) is 0 Å². The number of carbonyl (C=O) groups is 1. The maximum absolute atomic E-state index is 11.5. The van der Waals surface area contributed by atoms with Crippen molar-refractivity contribution in [3.05, 3.63) is 35.9 Å². The van der Waals surface area contributed by atoms with Gasteiger partial charge < -0.3 is 5.11 Å². The molecule has 1 saturated carbocycles. The second-order valence-electron chi connectivity index (χ2n) is 5.86. The molecular weight excluding hydrogens is 238 g/mol. The molecule has 0 spiro atoms. The summed E-state index contributed by atoms with van der Waals surface area (Å²) in [5.74, 6) is -0.0520. The van der Waals surface area contributed by atoms with Crippen molar-refractivity contribution in [2.45, 2.75) is 50.7 Å². The van der Waals surface area contributed by atoms with E-state index in [-0.39, 0.29) is 6.04 Å². The number of benzene rings is 1. The molecule has 1 aliphatic carbocycles. The molecule has 1 heterocycles. The van der Waals surface area contributed by atoms with E-state index in [2.05, 4.69) is 17.0 Å². The van der Waals surface area contributed by atoms with E-state index in [1.165, 1.54) is 31.2 Å². The fourth-order valence-corrected chi connectivity index (χ4v) is 3.82. The Balaban J connectivity index is 1.80. The summed E-state index contributed by atoms with van der Waals surface area (Å²) in [5.41, 5.74) is 1.22. The molecule has 1 aromatic rings. The zero-order valence-electron chi connectivity index (χ0n) is 11.2. The van der Waals surface area contributed by atoms with Crippen LogP contribution in [0.1, 0.15) is 37.7 Å². The number of carboxylic acid groups (broad SMARTS) is 1. The van der Waals surface area contributed by atoms with Crippen LogP contribution in [0.15, 0.2) is 30.3 Å². The van der Waals surface area contributed by atoms with Gasteiger partial charge in [0.1, 0.15) is 6.04 Å². The maximum atomic E-state index is 11.5. The maximum Gasteiger partial charge on any atom is 0.320 e. The Morgan fingerprint density at radius 3 is 2.68 bits per heavy atom. The van der Waals surface area contributed by atoms with Gasteiger partial charge in [-0.2, -0.15) is 0 Å². The molecule has 2 aliphatic rings. The largest absolute Gasteiger partial charge is 0.480 e. The van der Waals surface area contributed by atoms with E-state index in [4.69, 9.17) is 0 Å². The molecule has 0 amide bonds. The van der Waals surface area contributed by atoms with Gasteiger partial charge in [-0.15, -0.1) is 0 Å². The van der Waals surface area contributed by atoms with Gasteiger partial charge in [0.15, 0.2) is 0 Å². The molecular formula is C16H21NO2. The number of fused-ring (bicyclic) bond motifs is 1. The van der Waals surface area contributed by atoms with Crippen molar-refractivity contribution >= 4 is 5.97 Å². The fraction of sp³-hybridized carbons (Fsp3) is 0.562. The number of hydrogen-bond donors (Lipinski definition) is 1. The third-order valence-corrected chi connectivity index (χ3v) is 4.71. The van der Waals surface area contributed by atoms with Crippen LogP contribution < -0.4 is 0 Å². The molecule has 0 radical (unpaired) electrons. The number of nitrogens with zero attached hydrogens (tertiary/aromatic N) is 1. The minimum Gasteiger partial charge on any atom is -0.480 e. The van der Waals surface area contributed by atoms with Gasteiger partial charge in [0.25, 0.3) is 0 Å². The van der Waals surface area contributed by atoms with Crippen LogP contribution in [0.5, 0.6) is 0 Å². The van der Waals surface area contributed by atoms with Crippen LogP contribution in [0.25, 0.3) is 0 Å². The van der Waals surface area contributed by atoms with Crippen LogP contribution in [0, 0.1) is 5.92 Å². The molecule has 0 bridgehead atoms. The average Bonchev–Trinajstić information content (AvgIpc) is 2.79. The van der Waals surface area contributed by atoms with Crippen LogP contribution in [-0.4, -0.2) is 28.1 Å². The first-order valence-electron chi connectivity index (χ1n) is 7.28. The summed E-state index contributed by atoms with van der Waals surface area (Å²) in [4.78, 5) is 13.7. The van der Waals surface area contributed by atoms with Gasteiger partial charge in [-0.25, -0.2) is 0 Å². The molecule has 1 saturated heterocycles. The molecule has 3 unspecified atom stereocenters. The second-order valence-corrected chi connectivity index (χ2v) is 5.86. The van der Waals surface area contributed by atoms with Gasteiger partial charge in [0.2, 0.25) is 0 Å². The third kappa shape index (κ3) is 2.52. The van der Waals surface area contributed by atoms with Crippen LogP contribution in [-0.2, 0) is 11.3 Å². The first kappa shape index (κ1) is 12.7. The molecule has 19 heavy (non-hydrogen) atoms. The standard InChI is InChI=1S/C16H21NO2/c18-16(19)15-10-13-8-4-5-9-14(13)17(15)11-12-6-2-1-3-7-12/h1-3,6-7,13-15H,4-5,8-11H2,(H,18,19). The van der Waals surface area contributed by atoms with Crippen molar-refractivity contribution < 1.29 is 9.90 Å². The van der Waals surface area contributed by atoms with Crippen LogP contribution in [0.3, 0.4) is 0 Å². The number of carboxylic acids is 1. The summed E-state index contributed by atoms with van der Waals surface area (Å²) < 4.78 is 0. The molecule has 2 fully saturated rings. The lowest BCUT2D eigenvalue weighted by molar-refractivity contribution is -0.142. The summed E-state index contributed by atoms with van der Waals surface area (Å²) in [5, 5.41) is 9.47. The van der Waals surface area contributed by atoms with E-state index in [0.717, 1.165) is 13.0 Å². The van der Waals surface area contributed by atoms with Gasteiger partial charge in [-0.3, -0.25) is 9.69 Å². The summed E-state index contributed by atoms with van der Waals surface area (Å²) in [6, 6.07) is 10.4. The Morgan fingerprint density at radius 2 is 1.95 bits per heavy atom. The Hall–Kier alpha value is -1.35. The van der Waals surface area contributed by atoms with Crippen molar-refractivity contribution in [2.75, 3.05) is 0 Å². The Bertz CT molecular complexity index is 445. The van der Waals surface area contributed by atoms with E-state index < -0.39 is 5.97 Å². The van der Waals surface area contributed by atoms with Crippen molar-refractivity contribution in [1.29, 1.82) is 0 Å². The highest BCUT2D eigenvalue weighted by molar-refractivity contribution is 5.74. The van der Waals surface area contributed by atoms with Gasteiger partial charge in [-0.1, -0.05) is 43.2 Å². The summed E-state index contributed by atoms with van der Waals surface area (Å²) >= 11 is 0. The zero-order valence-corrected chi connectivity index (χ0v) is 11.2. The molecule has 3 nitrogen and oxygen atoms in total. The highest BCUT2D eigenvalue weighted by Gasteiger charge is 2.44. The third-order valence-electron chi connectivity index (χ3n) is 4.71. The average molecular weight is 259 g/mol. The van der Waals surface area contributed by atoms with Crippen molar-refractivity contribution in [3.8, 4) is 0 Å². The Kier molecular flexibility index (Phi) is 3.56. The quantitative estimate of drug-likeness (QED) is 0.907. The van der Waals surface area contributed by atoms with E-state index in [1.54, 1.807) is 0 Å². The van der Waals surface area contributed by atoms with Crippen LogP contribution >= 0.6 is 0 Å². The second kappa shape index (κ2) is 5.33. The van der Waals surface area contributed by atoms with Gasteiger partial charge in [0.05, 0.1) is 0 Å². The minimum atomic E-state index is -0.648. The first-order chi connectivity index (χ1) is 9.25. The Labute approximate surface area is 114 Å². The SMILES string of the molecule is O=C(O)C1CC2CCCCC2N1Cc1ccccc1. The molecule has 3 rings (SSSR count).